The summed E-state index contributed by atoms with van der Waals surface area (Å²) in [7, 11) is 1.89. The number of carbonyl (C=O) groups excluding carboxylic acids is 1. The summed E-state index contributed by atoms with van der Waals surface area (Å²) in [6.45, 7) is 5.06. The lowest BCUT2D eigenvalue weighted by Crippen LogP contribution is -2.32. The van der Waals surface area contributed by atoms with Crippen molar-refractivity contribution in [2.75, 3.05) is 7.05 Å². The molecule has 1 aromatic rings. The van der Waals surface area contributed by atoms with Crippen LogP contribution in [0.4, 0.5) is 0 Å². The number of nitrogens with zero attached hydrogens (tertiary/aromatic N) is 1. The van der Waals surface area contributed by atoms with E-state index in [0.29, 0.717) is 12.5 Å². The Labute approximate surface area is 134 Å². The van der Waals surface area contributed by atoms with Gasteiger partial charge in [0.05, 0.1) is 0 Å². The van der Waals surface area contributed by atoms with Gasteiger partial charge in [0.2, 0.25) is 5.91 Å². The highest BCUT2D eigenvalue weighted by atomic mass is 35.5. The highest BCUT2D eigenvalue weighted by Gasteiger charge is 2.29. The number of hydrogen-bond acceptors (Lipinski definition) is 2. The van der Waals surface area contributed by atoms with Crippen molar-refractivity contribution in [3.8, 4) is 0 Å². The van der Waals surface area contributed by atoms with Gasteiger partial charge in [-0.3, -0.25) is 4.79 Å². The van der Waals surface area contributed by atoms with Gasteiger partial charge in [-0.15, -0.1) is 12.4 Å². The molecule has 1 fully saturated rings. The normalized spacial score (nSPS) is 21.2. The maximum Gasteiger partial charge on any atom is 0.225 e. The van der Waals surface area contributed by atoms with E-state index in [1.807, 2.05) is 11.9 Å². The highest BCUT2D eigenvalue weighted by Crippen LogP contribution is 2.26. The van der Waals surface area contributed by atoms with Gasteiger partial charge in [0, 0.05) is 25.6 Å². The van der Waals surface area contributed by atoms with Crippen molar-refractivity contribution in [3.05, 3.63) is 35.4 Å². The Balaban J connectivity index is 0.00000220. The SMILES string of the molecule is CC(C)c1ccc(CN(C)C(=O)C2CCC(N)C2)cc1.Cl. The fraction of sp³-hybridized carbons (Fsp3) is 0.588. The monoisotopic (exact) mass is 310 g/mol. The van der Waals surface area contributed by atoms with E-state index in [-0.39, 0.29) is 30.3 Å². The van der Waals surface area contributed by atoms with Crippen LogP contribution in [0.15, 0.2) is 24.3 Å². The van der Waals surface area contributed by atoms with Crippen LogP contribution in [-0.2, 0) is 11.3 Å². The van der Waals surface area contributed by atoms with Gasteiger partial charge in [0.25, 0.3) is 0 Å². The Kier molecular flexibility index (Phi) is 6.69. The number of benzene rings is 1. The predicted molar refractivity (Wildman–Crippen MR) is 89.6 cm³/mol. The number of halogens is 1. The molecule has 0 aromatic heterocycles. The van der Waals surface area contributed by atoms with Gasteiger partial charge in [0.15, 0.2) is 0 Å². The summed E-state index contributed by atoms with van der Waals surface area (Å²) in [6, 6.07) is 8.77. The molecular weight excluding hydrogens is 284 g/mol. The predicted octanol–water partition coefficient (Wildman–Crippen LogP) is 3.32. The van der Waals surface area contributed by atoms with Crippen molar-refractivity contribution in [1.82, 2.24) is 4.90 Å². The number of nitrogens with two attached hydrogens (primary N) is 1. The van der Waals surface area contributed by atoms with Crippen LogP contribution in [0.25, 0.3) is 0 Å². The average Bonchev–Trinajstić information content (AvgIpc) is 2.85. The van der Waals surface area contributed by atoms with E-state index in [4.69, 9.17) is 5.73 Å². The third-order valence-corrected chi connectivity index (χ3v) is 4.26. The molecule has 118 valence electrons. The van der Waals surface area contributed by atoms with Gasteiger partial charge < -0.3 is 10.6 Å². The van der Waals surface area contributed by atoms with Gasteiger partial charge in [-0.25, -0.2) is 0 Å². The molecule has 1 aromatic carbocycles. The minimum absolute atomic E-state index is 0. The molecule has 1 aliphatic carbocycles. The molecule has 0 radical (unpaired) electrons. The second kappa shape index (κ2) is 7.81. The van der Waals surface area contributed by atoms with Crippen LogP contribution in [0.5, 0.6) is 0 Å². The lowest BCUT2D eigenvalue weighted by Gasteiger charge is -2.21. The summed E-state index contributed by atoms with van der Waals surface area (Å²) in [5.41, 5.74) is 8.41. The van der Waals surface area contributed by atoms with Gasteiger partial charge in [-0.2, -0.15) is 0 Å². The Bertz CT molecular complexity index is 458. The summed E-state index contributed by atoms with van der Waals surface area (Å²) in [6.07, 6.45) is 2.76. The molecule has 2 atom stereocenters. The summed E-state index contributed by atoms with van der Waals surface area (Å²) < 4.78 is 0. The lowest BCUT2D eigenvalue weighted by atomic mass is 10.0. The molecule has 3 nitrogen and oxygen atoms in total. The summed E-state index contributed by atoms with van der Waals surface area (Å²) in [5.74, 6) is 0.916. The highest BCUT2D eigenvalue weighted by molar-refractivity contribution is 5.85. The molecule has 1 amide bonds. The molecule has 21 heavy (non-hydrogen) atoms. The molecule has 2 rings (SSSR count). The Morgan fingerprint density at radius 2 is 1.90 bits per heavy atom. The summed E-state index contributed by atoms with van der Waals surface area (Å²) in [5, 5.41) is 0. The minimum atomic E-state index is 0. The minimum Gasteiger partial charge on any atom is -0.341 e. The molecule has 4 heteroatoms. The first kappa shape index (κ1) is 18.0. The molecule has 2 N–H and O–H groups in total. The number of hydrogen-bond donors (Lipinski definition) is 1. The molecule has 0 bridgehead atoms. The Morgan fingerprint density at radius 3 is 2.38 bits per heavy atom. The fourth-order valence-electron chi connectivity index (χ4n) is 2.91. The second-order valence-corrected chi connectivity index (χ2v) is 6.36. The maximum absolute atomic E-state index is 12.3. The molecule has 1 aliphatic rings. The van der Waals surface area contributed by atoms with E-state index in [2.05, 4.69) is 38.1 Å². The molecule has 0 aliphatic heterocycles. The van der Waals surface area contributed by atoms with Crippen LogP contribution in [0, 0.1) is 5.92 Å². The third-order valence-electron chi connectivity index (χ3n) is 4.26. The first-order chi connectivity index (χ1) is 9.47. The van der Waals surface area contributed by atoms with Crippen LogP contribution in [0.3, 0.4) is 0 Å². The molecular formula is C17H27ClN2O. The van der Waals surface area contributed by atoms with Gasteiger partial charge >= 0.3 is 0 Å². The average molecular weight is 311 g/mol. The van der Waals surface area contributed by atoms with E-state index in [0.717, 1.165) is 19.3 Å². The molecule has 0 spiro atoms. The smallest absolute Gasteiger partial charge is 0.225 e. The van der Waals surface area contributed by atoms with Crippen LogP contribution in [0.1, 0.15) is 50.2 Å². The maximum atomic E-state index is 12.3. The van der Waals surface area contributed by atoms with Crippen molar-refractivity contribution in [3.63, 3.8) is 0 Å². The van der Waals surface area contributed by atoms with Crippen molar-refractivity contribution in [2.45, 2.75) is 51.6 Å². The standard InChI is InChI=1S/C17H26N2O.ClH/c1-12(2)14-6-4-13(5-7-14)11-19(3)17(20)15-8-9-16(18)10-15;/h4-7,12,15-16H,8-11,18H2,1-3H3;1H. The number of rotatable bonds is 4. The van der Waals surface area contributed by atoms with Crippen molar-refractivity contribution >= 4 is 18.3 Å². The molecule has 2 unspecified atom stereocenters. The quantitative estimate of drug-likeness (QED) is 0.927. The van der Waals surface area contributed by atoms with Crippen LogP contribution >= 0.6 is 12.4 Å². The van der Waals surface area contributed by atoms with E-state index in [9.17, 15) is 4.79 Å². The summed E-state index contributed by atoms with van der Waals surface area (Å²) in [4.78, 5) is 14.2. The lowest BCUT2D eigenvalue weighted by molar-refractivity contribution is -0.134. The van der Waals surface area contributed by atoms with Gasteiger partial charge in [-0.05, 0) is 36.3 Å². The van der Waals surface area contributed by atoms with Crippen LogP contribution < -0.4 is 5.73 Å². The van der Waals surface area contributed by atoms with E-state index in [1.54, 1.807) is 0 Å². The first-order valence-corrected chi connectivity index (χ1v) is 7.56. The van der Waals surface area contributed by atoms with Crippen molar-refractivity contribution in [1.29, 1.82) is 0 Å². The summed E-state index contributed by atoms with van der Waals surface area (Å²) >= 11 is 0. The molecule has 0 heterocycles. The second-order valence-electron chi connectivity index (χ2n) is 6.36. The number of carbonyl (C=O) groups is 1. The van der Waals surface area contributed by atoms with Crippen LogP contribution in [0.2, 0.25) is 0 Å². The zero-order valence-corrected chi connectivity index (χ0v) is 14.0. The van der Waals surface area contributed by atoms with Gasteiger partial charge in [0.1, 0.15) is 0 Å². The van der Waals surface area contributed by atoms with E-state index in [1.165, 1.54) is 11.1 Å². The molecule has 1 saturated carbocycles. The topological polar surface area (TPSA) is 46.3 Å². The fourth-order valence-corrected chi connectivity index (χ4v) is 2.91. The zero-order chi connectivity index (χ0) is 14.7. The van der Waals surface area contributed by atoms with E-state index >= 15 is 0 Å². The van der Waals surface area contributed by atoms with Gasteiger partial charge in [-0.1, -0.05) is 38.1 Å². The largest absolute Gasteiger partial charge is 0.341 e. The zero-order valence-electron chi connectivity index (χ0n) is 13.2. The Hall–Kier alpha value is -1.06. The van der Waals surface area contributed by atoms with Crippen molar-refractivity contribution in [2.24, 2.45) is 11.7 Å². The van der Waals surface area contributed by atoms with Crippen LogP contribution in [-0.4, -0.2) is 23.9 Å². The van der Waals surface area contributed by atoms with E-state index < -0.39 is 0 Å². The first-order valence-electron chi connectivity index (χ1n) is 7.56. The van der Waals surface area contributed by atoms with Crippen molar-refractivity contribution < 1.29 is 4.79 Å². The Morgan fingerprint density at radius 1 is 1.29 bits per heavy atom. The molecule has 0 saturated heterocycles. The number of amides is 1. The third kappa shape index (κ3) is 4.72.